The summed E-state index contributed by atoms with van der Waals surface area (Å²) in [4.78, 5) is 8.85. The van der Waals surface area contributed by atoms with E-state index in [0.717, 1.165) is 0 Å². The number of phenolic OH excluding ortho intramolecular Hbond substituents is 1. The first-order valence-electron chi connectivity index (χ1n) is 7.64. The van der Waals surface area contributed by atoms with Gasteiger partial charge in [0, 0.05) is 34.8 Å². The molecule has 0 saturated heterocycles. The number of aromatic nitrogens is 2. The monoisotopic (exact) mass is 364 g/mol. The SMILES string of the molecule is CS(=N)(=O)c1cccc(Nc2ncc(C#Cc3cccc(O)c3)cn2)c1. The Kier molecular flexibility index (Phi) is 4.87. The number of hydrogen-bond acceptors (Lipinski definition) is 6. The van der Waals surface area contributed by atoms with E-state index >= 15 is 0 Å². The van der Waals surface area contributed by atoms with Gasteiger partial charge in [-0.25, -0.2) is 19.0 Å². The van der Waals surface area contributed by atoms with Gasteiger partial charge >= 0.3 is 0 Å². The Morgan fingerprint density at radius 3 is 2.42 bits per heavy atom. The maximum absolute atomic E-state index is 11.8. The van der Waals surface area contributed by atoms with Gasteiger partial charge in [-0.3, -0.25) is 0 Å². The van der Waals surface area contributed by atoms with E-state index in [4.69, 9.17) is 4.78 Å². The van der Waals surface area contributed by atoms with E-state index < -0.39 is 9.73 Å². The molecule has 2 aromatic carbocycles. The molecule has 0 spiro atoms. The van der Waals surface area contributed by atoms with Crippen molar-refractivity contribution in [2.24, 2.45) is 0 Å². The molecule has 3 N–H and O–H groups in total. The number of aromatic hydroxyl groups is 1. The van der Waals surface area contributed by atoms with E-state index in [-0.39, 0.29) is 5.75 Å². The van der Waals surface area contributed by atoms with E-state index in [0.29, 0.717) is 27.7 Å². The second-order valence-corrected chi connectivity index (χ2v) is 7.75. The van der Waals surface area contributed by atoms with Crippen molar-refractivity contribution in [3.05, 3.63) is 72.1 Å². The number of nitrogens with one attached hydrogen (secondary N) is 2. The van der Waals surface area contributed by atoms with Gasteiger partial charge in [0.2, 0.25) is 5.95 Å². The quantitative estimate of drug-likeness (QED) is 0.619. The number of anilines is 2. The molecule has 0 aliphatic carbocycles. The molecule has 7 heteroatoms. The van der Waals surface area contributed by atoms with Gasteiger partial charge in [0.05, 0.1) is 15.3 Å². The summed E-state index contributed by atoms with van der Waals surface area (Å²) >= 11 is 0. The molecule has 26 heavy (non-hydrogen) atoms. The van der Waals surface area contributed by atoms with Crippen LogP contribution in [0.4, 0.5) is 11.6 Å². The number of rotatable bonds is 3. The van der Waals surface area contributed by atoms with Crippen LogP contribution in [0.15, 0.2) is 65.8 Å². The standard InChI is InChI=1S/C19H16N4O2S/c1-26(20,25)18-7-3-5-16(11-18)23-19-21-12-15(13-22-19)9-8-14-4-2-6-17(24)10-14/h2-7,10-13,20,24H,1H3,(H,21,22,23). The number of nitrogens with zero attached hydrogens (tertiary/aromatic N) is 2. The van der Waals surface area contributed by atoms with Crippen molar-refractivity contribution in [3.8, 4) is 17.6 Å². The molecule has 1 unspecified atom stereocenters. The first-order chi connectivity index (χ1) is 12.4. The van der Waals surface area contributed by atoms with Crippen LogP contribution in [0.2, 0.25) is 0 Å². The van der Waals surface area contributed by atoms with E-state index in [2.05, 4.69) is 27.1 Å². The summed E-state index contributed by atoms with van der Waals surface area (Å²) < 4.78 is 19.5. The summed E-state index contributed by atoms with van der Waals surface area (Å²) in [5, 5.41) is 12.4. The van der Waals surface area contributed by atoms with E-state index in [1.165, 1.54) is 6.26 Å². The molecule has 0 radical (unpaired) electrons. The van der Waals surface area contributed by atoms with Gasteiger partial charge in [0.15, 0.2) is 0 Å². The molecular weight excluding hydrogens is 348 g/mol. The average molecular weight is 364 g/mol. The minimum Gasteiger partial charge on any atom is -0.508 e. The Hall–Kier alpha value is -3.37. The Morgan fingerprint density at radius 1 is 1.04 bits per heavy atom. The Labute approximate surface area is 151 Å². The highest BCUT2D eigenvalue weighted by Gasteiger charge is 2.05. The third-order valence-corrected chi connectivity index (χ3v) is 4.54. The topological polar surface area (TPSA) is 99.0 Å². The maximum Gasteiger partial charge on any atom is 0.227 e. The molecule has 0 aliphatic heterocycles. The fraction of sp³-hybridized carbons (Fsp3) is 0.0526. The zero-order chi connectivity index (χ0) is 18.6. The molecule has 0 amide bonds. The summed E-state index contributed by atoms with van der Waals surface area (Å²) in [6.45, 7) is 0. The van der Waals surface area contributed by atoms with Gasteiger partial charge in [0.25, 0.3) is 0 Å². The minimum atomic E-state index is -2.78. The van der Waals surface area contributed by atoms with Crippen LogP contribution in [0.3, 0.4) is 0 Å². The van der Waals surface area contributed by atoms with Gasteiger partial charge in [0.1, 0.15) is 5.75 Å². The van der Waals surface area contributed by atoms with Crippen LogP contribution in [0.1, 0.15) is 11.1 Å². The zero-order valence-corrected chi connectivity index (χ0v) is 14.7. The van der Waals surface area contributed by atoms with Gasteiger partial charge < -0.3 is 10.4 Å². The minimum absolute atomic E-state index is 0.165. The molecule has 3 aromatic rings. The molecule has 1 aromatic heterocycles. The van der Waals surface area contributed by atoms with Crippen molar-refractivity contribution in [2.75, 3.05) is 11.6 Å². The Balaban J connectivity index is 1.75. The molecule has 0 aliphatic rings. The second kappa shape index (κ2) is 7.25. The summed E-state index contributed by atoms with van der Waals surface area (Å²) in [5.74, 6) is 6.40. The molecule has 3 rings (SSSR count). The zero-order valence-electron chi connectivity index (χ0n) is 13.9. The molecule has 0 bridgehead atoms. The normalized spacial score (nSPS) is 12.5. The number of hydrogen-bond donors (Lipinski definition) is 3. The largest absolute Gasteiger partial charge is 0.508 e. The summed E-state index contributed by atoms with van der Waals surface area (Å²) in [7, 11) is -2.78. The van der Waals surface area contributed by atoms with E-state index in [1.54, 1.807) is 60.9 Å². The van der Waals surface area contributed by atoms with Crippen LogP contribution >= 0.6 is 0 Å². The van der Waals surface area contributed by atoms with Crippen LogP contribution in [0.25, 0.3) is 0 Å². The van der Waals surface area contributed by atoms with Crippen LogP contribution < -0.4 is 5.32 Å². The highest BCUT2D eigenvalue weighted by Crippen LogP contribution is 2.18. The highest BCUT2D eigenvalue weighted by atomic mass is 32.2. The molecular formula is C19H16N4O2S. The fourth-order valence-electron chi connectivity index (χ4n) is 2.13. The predicted molar refractivity (Wildman–Crippen MR) is 101 cm³/mol. The van der Waals surface area contributed by atoms with Crippen molar-refractivity contribution in [1.29, 1.82) is 4.78 Å². The van der Waals surface area contributed by atoms with Crippen molar-refractivity contribution >= 4 is 21.4 Å². The smallest absolute Gasteiger partial charge is 0.227 e. The number of benzene rings is 2. The van der Waals surface area contributed by atoms with Crippen LogP contribution in [-0.4, -0.2) is 25.5 Å². The van der Waals surface area contributed by atoms with E-state index in [9.17, 15) is 9.32 Å². The summed E-state index contributed by atoms with van der Waals surface area (Å²) in [6.07, 6.45) is 4.55. The first-order valence-corrected chi connectivity index (χ1v) is 9.61. The molecule has 130 valence electrons. The molecule has 1 atom stereocenters. The van der Waals surface area contributed by atoms with Gasteiger partial charge in [-0.05, 0) is 36.4 Å². The third-order valence-electron chi connectivity index (χ3n) is 3.39. The fourth-order valence-corrected chi connectivity index (χ4v) is 2.82. The van der Waals surface area contributed by atoms with Crippen molar-refractivity contribution in [2.45, 2.75) is 4.90 Å². The highest BCUT2D eigenvalue weighted by molar-refractivity contribution is 7.91. The van der Waals surface area contributed by atoms with Crippen molar-refractivity contribution < 1.29 is 9.32 Å². The third kappa shape index (κ3) is 4.59. The molecule has 6 nitrogen and oxygen atoms in total. The van der Waals surface area contributed by atoms with Gasteiger partial charge in [-0.1, -0.05) is 24.0 Å². The lowest BCUT2D eigenvalue weighted by Crippen LogP contribution is -1.99. The summed E-state index contributed by atoms with van der Waals surface area (Å²) in [5.41, 5.74) is 1.99. The van der Waals surface area contributed by atoms with Crippen LogP contribution in [0.5, 0.6) is 5.75 Å². The molecule has 0 fully saturated rings. The summed E-state index contributed by atoms with van der Waals surface area (Å²) in [6, 6.07) is 13.5. The van der Waals surface area contributed by atoms with Gasteiger partial charge in [-0.2, -0.15) is 0 Å². The number of phenols is 1. The van der Waals surface area contributed by atoms with E-state index in [1.807, 2.05) is 0 Å². The van der Waals surface area contributed by atoms with Crippen molar-refractivity contribution in [1.82, 2.24) is 9.97 Å². The van der Waals surface area contributed by atoms with Crippen LogP contribution in [-0.2, 0) is 9.73 Å². The first kappa shape index (κ1) is 17.5. The van der Waals surface area contributed by atoms with Crippen molar-refractivity contribution in [3.63, 3.8) is 0 Å². The van der Waals surface area contributed by atoms with Gasteiger partial charge in [-0.15, -0.1) is 0 Å². The molecule has 0 saturated carbocycles. The predicted octanol–water partition coefficient (Wildman–Crippen LogP) is 3.36. The molecule has 1 heterocycles. The van der Waals surface area contributed by atoms with Crippen LogP contribution in [0, 0.1) is 16.6 Å². The Morgan fingerprint density at radius 2 is 1.73 bits per heavy atom. The second-order valence-electron chi connectivity index (χ2n) is 5.59. The Bertz CT molecular complexity index is 1100. The lowest BCUT2D eigenvalue weighted by Gasteiger charge is -2.07. The lowest BCUT2D eigenvalue weighted by molar-refractivity contribution is 0.475. The average Bonchev–Trinajstić information content (AvgIpc) is 2.61. The maximum atomic E-state index is 11.8. The lowest BCUT2D eigenvalue weighted by atomic mass is 10.2.